The van der Waals surface area contributed by atoms with Crippen LogP contribution < -0.4 is 9.80 Å². The average molecular weight is 494 g/mol. The van der Waals surface area contributed by atoms with Gasteiger partial charge in [0.05, 0.1) is 23.8 Å². The van der Waals surface area contributed by atoms with Gasteiger partial charge in [-0.1, -0.05) is 42.5 Å². The van der Waals surface area contributed by atoms with E-state index in [1.165, 1.54) is 11.3 Å². The third-order valence-electron chi connectivity index (χ3n) is 5.81. The molecule has 2 amide bonds. The minimum absolute atomic E-state index is 0.0413. The van der Waals surface area contributed by atoms with Crippen molar-refractivity contribution >= 4 is 51.7 Å². The van der Waals surface area contributed by atoms with Crippen molar-refractivity contribution in [2.75, 3.05) is 28.7 Å². The Morgan fingerprint density at radius 1 is 1.09 bits per heavy atom. The number of thioether (sulfide) groups is 1. The van der Waals surface area contributed by atoms with Crippen molar-refractivity contribution in [2.45, 2.75) is 30.2 Å². The first-order chi connectivity index (χ1) is 16.6. The number of para-hydroxylation sites is 1. The number of thiazole rings is 1. The van der Waals surface area contributed by atoms with E-state index in [1.807, 2.05) is 54.6 Å². The molecule has 1 saturated heterocycles. The maximum absolute atomic E-state index is 13.3. The Bertz CT molecular complexity index is 1210. The molecule has 174 valence electrons. The number of benzene rings is 2. The molecule has 9 heteroatoms. The quantitative estimate of drug-likeness (QED) is 0.478. The number of rotatable bonds is 6. The number of fused-ring (bicyclic) bond motifs is 1. The zero-order valence-electron chi connectivity index (χ0n) is 18.4. The van der Waals surface area contributed by atoms with Gasteiger partial charge in [-0.3, -0.25) is 24.2 Å². The molecule has 0 radical (unpaired) electrons. The number of carbonyl (C=O) groups is 3. The minimum atomic E-state index is -0.520. The number of anilines is 2. The topological polar surface area (TPSA) is 79.8 Å². The Morgan fingerprint density at radius 3 is 2.68 bits per heavy atom. The fourth-order valence-electron chi connectivity index (χ4n) is 4.18. The van der Waals surface area contributed by atoms with Gasteiger partial charge in [0.2, 0.25) is 5.91 Å². The molecule has 0 bridgehead atoms. The molecule has 2 aromatic carbocycles. The van der Waals surface area contributed by atoms with Crippen molar-refractivity contribution < 1.29 is 19.1 Å². The summed E-state index contributed by atoms with van der Waals surface area (Å²) < 4.78 is 5.36. The highest BCUT2D eigenvalue weighted by Gasteiger charge is 2.33. The zero-order chi connectivity index (χ0) is 23.5. The van der Waals surface area contributed by atoms with E-state index in [1.54, 1.807) is 26.9 Å². The van der Waals surface area contributed by atoms with Crippen molar-refractivity contribution in [3.63, 3.8) is 0 Å². The molecule has 1 aromatic heterocycles. The van der Waals surface area contributed by atoms with Crippen LogP contribution in [0.15, 0.2) is 64.9 Å². The third kappa shape index (κ3) is 4.71. The first-order valence-electron chi connectivity index (χ1n) is 11.1. The molecule has 5 rings (SSSR count). The maximum atomic E-state index is 13.3. The molecule has 3 aromatic rings. The number of hydrogen-bond donors (Lipinski definition) is 0. The second kappa shape index (κ2) is 9.99. The largest absolute Gasteiger partial charge is 0.455 e. The van der Waals surface area contributed by atoms with Crippen LogP contribution in [0.1, 0.15) is 30.1 Å². The third-order valence-corrected chi connectivity index (χ3v) is 7.86. The fourth-order valence-corrected chi connectivity index (χ4v) is 6.22. The number of amides is 2. The van der Waals surface area contributed by atoms with Gasteiger partial charge in [0.1, 0.15) is 0 Å². The Morgan fingerprint density at radius 2 is 1.88 bits per heavy atom. The molecule has 1 unspecified atom stereocenters. The molecule has 2 aliphatic heterocycles. The zero-order valence-corrected chi connectivity index (χ0v) is 20.0. The summed E-state index contributed by atoms with van der Waals surface area (Å²) in [4.78, 5) is 46.5. The Labute approximate surface area is 205 Å². The van der Waals surface area contributed by atoms with Crippen LogP contribution in [0, 0.1) is 0 Å². The molecule has 2 aliphatic rings. The van der Waals surface area contributed by atoms with Crippen LogP contribution in [-0.4, -0.2) is 41.7 Å². The van der Waals surface area contributed by atoms with Crippen molar-refractivity contribution in [2.24, 2.45) is 0 Å². The van der Waals surface area contributed by atoms with E-state index in [2.05, 4.69) is 4.98 Å². The van der Waals surface area contributed by atoms with Gasteiger partial charge in [0.15, 0.2) is 11.7 Å². The fraction of sp³-hybridized carbons (Fsp3) is 0.280. The van der Waals surface area contributed by atoms with Crippen molar-refractivity contribution in [1.82, 2.24) is 4.98 Å². The molecule has 34 heavy (non-hydrogen) atoms. The molecular weight excluding hydrogens is 470 g/mol. The predicted molar refractivity (Wildman–Crippen MR) is 132 cm³/mol. The minimum Gasteiger partial charge on any atom is -0.455 e. The highest BCUT2D eigenvalue weighted by atomic mass is 32.2. The first kappa shape index (κ1) is 22.6. The summed E-state index contributed by atoms with van der Waals surface area (Å²) in [6, 6.07) is 17.5. The number of esters is 1. The summed E-state index contributed by atoms with van der Waals surface area (Å²) in [6.45, 7) is 0.311. The van der Waals surface area contributed by atoms with Gasteiger partial charge in [-0.25, -0.2) is 4.98 Å². The van der Waals surface area contributed by atoms with E-state index in [0.29, 0.717) is 23.8 Å². The number of carbonyl (C=O) groups excluding carboxylic acids is 3. The second-order valence-corrected chi connectivity index (χ2v) is 9.98. The van der Waals surface area contributed by atoms with Gasteiger partial charge in [-0.15, -0.1) is 23.1 Å². The van der Waals surface area contributed by atoms with Crippen molar-refractivity contribution in [1.29, 1.82) is 0 Å². The van der Waals surface area contributed by atoms with Gasteiger partial charge >= 0.3 is 5.97 Å². The molecule has 7 nitrogen and oxygen atoms in total. The first-order valence-corrected chi connectivity index (χ1v) is 13.0. The van der Waals surface area contributed by atoms with Crippen LogP contribution in [0.4, 0.5) is 10.8 Å². The lowest BCUT2D eigenvalue weighted by atomic mass is 10.1. The van der Waals surface area contributed by atoms with Crippen LogP contribution >= 0.6 is 23.1 Å². The van der Waals surface area contributed by atoms with Crippen LogP contribution in [0.3, 0.4) is 0 Å². The summed E-state index contributed by atoms with van der Waals surface area (Å²) in [5, 5.41) is 2.36. The van der Waals surface area contributed by atoms with E-state index < -0.39 is 5.97 Å². The molecule has 1 atom stereocenters. The number of nitrogens with zero attached hydrogens (tertiary/aromatic N) is 3. The summed E-state index contributed by atoms with van der Waals surface area (Å²) in [6.07, 6.45) is 1.31. The van der Waals surface area contributed by atoms with E-state index in [-0.39, 0.29) is 30.9 Å². The van der Waals surface area contributed by atoms with Gasteiger partial charge in [0, 0.05) is 29.0 Å². The van der Waals surface area contributed by atoms with E-state index in [4.69, 9.17) is 4.74 Å². The number of aromatic nitrogens is 1. The molecule has 0 aliphatic carbocycles. The molecule has 3 heterocycles. The molecule has 0 spiro atoms. The van der Waals surface area contributed by atoms with Gasteiger partial charge < -0.3 is 4.74 Å². The Hall–Kier alpha value is -3.17. The highest BCUT2D eigenvalue weighted by Crippen LogP contribution is 2.43. The van der Waals surface area contributed by atoms with E-state index in [9.17, 15) is 14.4 Å². The predicted octanol–water partition coefficient (Wildman–Crippen LogP) is 4.24. The van der Waals surface area contributed by atoms with Crippen molar-refractivity contribution in [3.8, 4) is 0 Å². The van der Waals surface area contributed by atoms with E-state index in [0.717, 1.165) is 28.3 Å². The number of ether oxygens (including phenoxy) is 1. The molecule has 0 N–H and O–H groups in total. The van der Waals surface area contributed by atoms with Gasteiger partial charge in [0.25, 0.3) is 5.91 Å². The number of hydrogen-bond acceptors (Lipinski definition) is 7. The van der Waals surface area contributed by atoms with Crippen LogP contribution in [0.25, 0.3) is 0 Å². The summed E-state index contributed by atoms with van der Waals surface area (Å²) in [5.41, 5.74) is 2.41. The average Bonchev–Trinajstić information content (AvgIpc) is 3.50. The second-order valence-electron chi connectivity index (χ2n) is 8.08. The Kier molecular flexibility index (Phi) is 6.64. The van der Waals surface area contributed by atoms with Crippen LogP contribution in [0.5, 0.6) is 0 Å². The van der Waals surface area contributed by atoms with Crippen LogP contribution in [0.2, 0.25) is 0 Å². The van der Waals surface area contributed by atoms with Gasteiger partial charge in [-0.2, -0.15) is 0 Å². The SMILES string of the molecule is O=C(Cc1csc(N2CCCC2=O)n1)OCC(=O)N1c2ccccc2SCC1c1ccccc1. The van der Waals surface area contributed by atoms with Crippen molar-refractivity contribution in [3.05, 3.63) is 71.2 Å². The standard InChI is InChI=1S/C25H23N3O4S2/c29-22-11-6-12-27(22)25-26-18(15-34-25)13-24(31)32-14-23(30)28-19-9-4-5-10-21(19)33-16-20(28)17-7-2-1-3-8-17/h1-5,7-10,15,20H,6,11-14,16H2. The summed E-state index contributed by atoms with van der Waals surface area (Å²) in [7, 11) is 0. The lowest BCUT2D eigenvalue weighted by molar-refractivity contribution is -0.147. The molecule has 0 saturated carbocycles. The smallest absolute Gasteiger partial charge is 0.312 e. The monoisotopic (exact) mass is 493 g/mol. The highest BCUT2D eigenvalue weighted by molar-refractivity contribution is 7.99. The lowest BCUT2D eigenvalue weighted by Gasteiger charge is -2.37. The Balaban J connectivity index is 1.26. The van der Waals surface area contributed by atoms with Gasteiger partial charge in [-0.05, 0) is 24.1 Å². The summed E-state index contributed by atoms with van der Waals surface area (Å²) >= 11 is 3.05. The maximum Gasteiger partial charge on any atom is 0.312 e. The molecular formula is C25H23N3O4S2. The normalized spacial score (nSPS) is 17.5. The molecule has 1 fully saturated rings. The van der Waals surface area contributed by atoms with E-state index >= 15 is 0 Å². The lowest BCUT2D eigenvalue weighted by Crippen LogP contribution is -2.41. The van der Waals surface area contributed by atoms with Crippen LogP contribution in [-0.2, 0) is 25.5 Å². The summed E-state index contributed by atoms with van der Waals surface area (Å²) in [5.74, 6) is -0.00941.